The molecule has 0 aliphatic carbocycles. The third-order valence-electron chi connectivity index (χ3n) is 5.35. The fourth-order valence-electron chi connectivity index (χ4n) is 3.79. The van der Waals surface area contributed by atoms with E-state index < -0.39 is 5.91 Å². The standard InChI is InChI=1S/C12H12N4O.C8H11N3O/c13-12(17)11-10-6-9(7-16(10)15-14-11)8-4-2-1-3-5-8;1-10-7-4-5-9-11(7)6-2-3-8(10)12/h1-5,9H,6-7H2,(H2,13,17);4-5H,2-3,6H2,1H3. The Morgan fingerprint density at radius 2 is 1.97 bits per heavy atom. The fraction of sp³-hybridized carbons (Fsp3) is 0.350. The van der Waals surface area contributed by atoms with Gasteiger partial charge in [-0.2, -0.15) is 5.10 Å². The molecule has 1 aromatic carbocycles. The van der Waals surface area contributed by atoms with Crippen molar-refractivity contribution < 1.29 is 9.59 Å². The summed E-state index contributed by atoms with van der Waals surface area (Å²) in [5.74, 6) is 0.937. The number of anilines is 1. The lowest BCUT2D eigenvalue weighted by Gasteiger charge is -2.13. The topological polar surface area (TPSA) is 112 Å². The number of fused-ring (bicyclic) bond motifs is 2. The number of amides is 2. The number of aromatic nitrogens is 5. The second kappa shape index (κ2) is 7.86. The van der Waals surface area contributed by atoms with Crippen LogP contribution in [0.25, 0.3) is 0 Å². The Bertz CT molecular complexity index is 1020. The SMILES string of the molecule is CN1C(=O)CCCn2nccc21.NC(=O)c1nnn2c1CC(c1ccccc1)C2. The highest BCUT2D eigenvalue weighted by molar-refractivity contribution is 5.92. The molecular formula is C20H23N7O2. The third-order valence-corrected chi connectivity index (χ3v) is 5.35. The Balaban J connectivity index is 0.000000150. The number of nitrogens with zero attached hydrogens (tertiary/aromatic N) is 6. The van der Waals surface area contributed by atoms with Crippen molar-refractivity contribution >= 4 is 17.6 Å². The lowest BCUT2D eigenvalue weighted by Crippen LogP contribution is -2.25. The monoisotopic (exact) mass is 393 g/mol. The van der Waals surface area contributed by atoms with Gasteiger partial charge in [0.2, 0.25) is 5.91 Å². The number of carbonyl (C=O) groups excluding carboxylic acids is 2. The van der Waals surface area contributed by atoms with Crippen molar-refractivity contribution in [1.29, 1.82) is 0 Å². The van der Waals surface area contributed by atoms with Crippen molar-refractivity contribution in [3.05, 3.63) is 59.5 Å². The van der Waals surface area contributed by atoms with Gasteiger partial charge in [-0.3, -0.25) is 9.59 Å². The molecule has 29 heavy (non-hydrogen) atoms. The van der Waals surface area contributed by atoms with Gasteiger partial charge in [0.25, 0.3) is 5.91 Å². The highest BCUT2D eigenvalue weighted by atomic mass is 16.2. The summed E-state index contributed by atoms with van der Waals surface area (Å²) in [7, 11) is 1.79. The third kappa shape index (κ3) is 3.75. The molecular weight excluding hydrogens is 370 g/mol. The molecule has 0 saturated heterocycles. The number of aryl methyl sites for hydroxylation is 1. The maximum absolute atomic E-state index is 11.4. The first-order valence-corrected chi connectivity index (χ1v) is 9.60. The minimum atomic E-state index is -0.500. The van der Waals surface area contributed by atoms with E-state index in [0.717, 1.165) is 37.4 Å². The van der Waals surface area contributed by atoms with Crippen molar-refractivity contribution in [1.82, 2.24) is 24.8 Å². The van der Waals surface area contributed by atoms with Crippen LogP contribution in [0.15, 0.2) is 42.6 Å². The molecule has 2 amide bonds. The summed E-state index contributed by atoms with van der Waals surface area (Å²) in [6, 6.07) is 12.1. The number of nitrogens with two attached hydrogens (primary N) is 1. The van der Waals surface area contributed by atoms with Crippen LogP contribution in [0.4, 0.5) is 5.82 Å². The zero-order chi connectivity index (χ0) is 20.4. The highest BCUT2D eigenvalue weighted by Gasteiger charge is 2.29. The molecule has 4 heterocycles. The summed E-state index contributed by atoms with van der Waals surface area (Å²) in [6.45, 7) is 1.61. The Hall–Kier alpha value is -3.49. The van der Waals surface area contributed by atoms with Gasteiger partial charge in [-0.05, 0) is 12.0 Å². The van der Waals surface area contributed by atoms with Crippen LogP contribution in [0, 0.1) is 0 Å². The van der Waals surface area contributed by atoms with Crippen LogP contribution in [0.5, 0.6) is 0 Å². The second-order valence-corrected chi connectivity index (χ2v) is 7.21. The molecule has 1 atom stereocenters. The van der Waals surface area contributed by atoms with E-state index in [0.29, 0.717) is 18.0 Å². The summed E-state index contributed by atoms with van der Waals surface area (Å²) in [6.07, 6.45) is 4.01. The van der Waals surface area contributed by atoms with E-state index in [-0.39, 0.29) is 5.91 Å². The van der Waals surface area contributed by atoms with Gasteiger partial charge in [0.1, 0.15) is 5.82 Å². The van der Waals surface area contributed by atoms with E-state index in [2.05, 4.69) is 27.5 Å². The predicted molar refractivity (Wildman–Crippen MR) is 106 cm³/mol. The summed E-state index contributed by atoms with van der Waals surface area (Å²) >= 11 is 0. The predicted octanol–water partition coefficient (Wildman–Crippen LogP) is 1.36. The Kier molecular flexibility index (Phi) is 5.11. The Labute approximate surface area is 168 Å². The molecule has 0 saturated carbocycles. The van der Waals surface area contributed by atoms with Crippen LogP contribution < -0.4 is 10.6 Å². The molecule has 9 nitrogen and oxygen atoms in total. The molecule has 3 aromatic rings. The average Bonchev–Trinajstić information content (AvgIpc) is 3.42. The Morgan fingerprint density at radius 3 is 2.72 bits per heavy atom. The van der Waals surface area contributed by atoms with Gasteiger partial charge in [-0.1, -0.05) is 35.5 Å². The normalized spacial score (nSPS) is 17.8. The smallest absolute Gasteiger partial charge is 0.271 e. The zero-order valence-corrected chi connectivity index (χ0v) is 16.2. The molecule has 0 bridgehead atoms. The van der Waals surface area contributed by atoms with Gasteiger partial charge in [-0.25, -0.2) is 9.36 Å². The maximum Gasteiger partial charge on any atom is 0.271 e. The number of benzene rings is 1. The van der Waals surface area contributed by atoms with E-state index in [4.69, 9.17) is 5.73 Å². The van der Waals surface area contributed by atoms with Gasteiger partial charge in [0, 0.05) is 38.4 Å². The molecule has 2 aliphatic rings. The number of primary amides is 1. The van der Waals surface area contributed by atoms with Crippen LogP contribution in [0.2, 0.25) is 0 Å². The van der Waals surface area contributed by atoms with Crippen LogP contribution in [-0.4, -0.2) is 43.6 Å². The van der Waals surface area contributed by atoms with Crippen LogP contribution in [0.1, 0.15) is 40.5 Å². The van der Waals surface area contributed by atoms with Crippen molar-refractivity contribution in [2.24, 2.45) is 5.73 Å². The van der Waals surface area contributed by atoms with Crippen molar-refractivity contribution in [3.63, 3.8) is 0 Å². The minimum absolute atomic E-state index is 0.175. The molecule has 2 aliphatic heterocycles. The van der Waals surface area contributed by atoms with Gasteiger partial charge in [-0.15, -0.1) is 5.10 Å². The maximum atomic E-state index is 11.4. The van der Waals surface area contributed by atoms with E-state index in [1.165, 1.54) is 5.56 Å². The lowest BCUT2D eigenvalue weighted by molar-refractivity contribution is -0.118. The van der Waals surface area contributed by atoms with Crippen LogP contribution in [0.3, 0.4) is 0 Å². The highest BCUT2D eigenvalue weighted by Crippen LogP contribution is 2.29. The molecule has 9 heteroatoms. The molecule has 5 rings (SSSR count). The summed E-state index contributed by atoms with van der Waals surface area (Å²) < 4.78 is 3.64. The van der Waals surface area contributed by atoms with E-state index in [1.807, 2.05) is 28.9 Å². The molecule has 0 radical (unpaired) electrons. The van der Waals surface area contributed by atoms with Gasteiger partial charge < -0.3 is 10.6 Å². The molecule has 2 aromatic heterocycles. The minimum Gasteiger partial charge on any atom is -0.364 e. The first kappa shape index (κ1) is 18.9. The quantitative estimate of drug-likeness (QED) is 0.706. The average molecular weight is 393 g/mol. The second-order valence-electron chi connectivity index (χ2n) is 7.21. The molecule has 1 unspecified atom stereocenters. The molecule has 0 spiro atoms. The number of rotatable bonds is 2. The van der Waals surface area contributed by atoms with E-state index >= 15 is 0 Å². The molecule has 2 N–H and O–H groups in total. The number of hydrogen-bond donors (Lipinski definition) is 1. The van der Waals surface area contributed by atoms with Crippen molar-refractivity contribution in [3.8, 4) is 0 Å². The van der Waals surface area contributed by atoms with E-state index in [1.54, 1.807) is 22.8 Å². The zero-order valence-electron chi connectivity index (χ0n) is 16.2. The van der Waals surface area contributed by atoms with Crippen LogP contribution in [-0.2, 0) is 24.3 Å². The number of carbonyl (C=O) groups is 2. The summed E-state index contributed by atoms with van der Waals surface area (Å²) in [5.41, 5.74) is 7.68. The van der Waals surface area contributed by atoms with Crippen LogP contribution >= 0.6 is 0 Å². The largest absolute Gasteiger partial charge is 0.364 e. The lowest BCUT2D eigenvalue weighted by atomic mass is 9.97. The van der Waals surface area contributed by atoms with Gasteiger partial charge in [0.15, 0.2) is 5.69 Å². The molecule has 0 fully saturated rings. The van der Waals surface area contributed by atoms with Crippen molar-refractivity contribution in [2.45, 2.75) is 38.3 Å². The van der Waals surface area contributed by atoms with E-state index in [9.17, 15) is 9.59 Å². The van der Waals surface area contributed by atoms with Crippen molar-refractivity contribution in [2.75, 3.05) is 11.9 Å². The molecule has 150 valence electrons. The number of hydrogen-bond acceptors (Lipinski definition) is 5. The van der Waals surface area contributed by atoms with Gasteiger partial charge >= 0.3 is 0 Å². The summed E-state index contributed by atoms with van der Waals surface area (Å²) in [4.78, 5) is 24.2. The first-order chi connectivity index (χ1) is 14.0. The van der Waals surface area contributed by atoms with Gasteiger partial charge in [0.05, 0.1) is 18.4 Å². The fourth-order valence-corrected chi connectivity index (χ4v) is 3.79. The Morgan fingerprint density at radius 1 is 1.17 bits per heavy atom. The summed E-state index contributed by atoms with van der Waals surface area (Å²) in [5, 5.41) is 11.9. The first-order valence-electron chi connectivity index (χ1n) is 9.60.